The third-order valence-electron chi connectivity index (χ3n) is 2.52. The van der Waals surface area contributed by atoms with Crippen molar-refractivity contribution in [3.05, 3.63) is 53.9 Å². The van der Waals surface area contributed by atoms with Crippen LogP contribution in [0.1, 0.15) is 11.3 Å². The van der Waals surface area contributed by atoms with Crippen LogP contribution in [-0.4, -0.2) is 13.4 Å². The van der Waals surface area contributed by atoms with Crippen LogP contribution in [0.3, 0.4) is 0 Å². The molecule has 0 aliphatic rings. The summed E-state index contributed by atoms with van der Waals surface area (Å²) in [4.78, 5) is 4.06. The Morgan fingerprint density at radius 2 is 2.05 bits per heavy atom. The molecular formula is C13H11N3O2S. The van der Waals surface area contributed by atoms with E-state index in [0.29, 0.717) is 16.9 Å². The number of rotatable bonds is 3. The molecule has 96 valence electrons. The lowest BCUT2D eigenvalue weighted by molar-refractivity contribution is 0.601. The van der Waals surface area contributed by atoms with Crippen LogP contribution in [0.5, 0.6) is 0 Å². The van der Waals surface area contributed by atoms with Gasteiger partial charge in [0.15, 0.2) is 0 Å². The summed E-state index contributed by atoms with van der Waals surface area (Å²) in [5.74, 6) is 0. The normalized spacial score (nSPS) is 10.7. The van der Waals surface area contributed by atoms with Crippen LogP contribution in [0.15, 0.2) is 47.5 Å². The molecule has 0 bridgehead atoms. The van der Waals surface area contributed by atoms with Crippen molar-refractivity contribution >= 4 is 15.7 Å². The van der Waals surface area contributed by atoms with Gasteiger partial charge in [-0.25, -0.2) is 8.42 Å². The fraction of sp³-hybridized carbons (Fsp3) is 0.0769. The molecule has 0 radical (unpaired) electrons. The molecule has 0 amide bonds. The second-order valence-electron chi connectivity index (χ2n) is 3.88. The Hall–Kier alpha value is -2.39. The maximum atomic E-state index is 12.2. The quantitative estimate of drug-likeness (QED) is 0.927. The Labute approximate surface area is 111 Å². The molecule has 0 atom stereocenters. The second-order valence-corrected chi connectivity index (χ2v) is 5.56. The molecule has 0 fully saturated rings. The van der Waals surface area contributed by atoms with Gasteiger partial charge in [-0.15, -0.1) is 0 Å². The first-order chi connectivity index (χ1) is 9.03. The molecule has 1 heterocycles. The highest BCUT2D eigenvalue weighted by atomic mass is 32.2. The first-order valence-electron chi connectivity index (χ1n) is 5.47. The van der Waals surface area contributed by atoms with Gasteiger partial charge in [0.05, 0.1) is 27.9 Å². The van der Waals surface area contributed by atoms with Gasteiger partial charge in [0.25, 0.3) is 10.0 Å². The topological polar surface area (TPSA) is 82.8 Å². The zero-order chi connectivity index (χ0) is 13.9. The van der Waals surface area contributed by atoms with Crippen LogP contribution in [-0.2, 0) is 10.0 Å². The summed E-state index contributed by atoms with van der Waals surface area (Å²) in [5.41, 5.74) is 1.30. The van der Waals surface area contributed by atoms with Crippen molar-refractivity contribution in [3.8, 4) is 6.07 Å². The number of pyridine rings is 1. The zero-order valence-electron chi connectivity index (χ0n) is 10.2. The SMILES string of the molecule is Cc1ncccc1NS(=O)(=O)c1cccc(C#N)c1. The number of aryl methyl sites for hydroxylation is 1. The summed E-state index contributed by atoms with van der Waals surface area (Å²) in [6.45, 7) is 1.71. The molecule has 2 rings (SSSR count). The average molecular weight is 273 g/mol. The predicted molar refractivity (Wildman–Crippen MR) is 70.9 cm³/mol. The minimum Gasteiger partial charge on any atom is -0.278 e. The van der Waals surface area contributed by atoms with Gasteiger partial charge in [-0.05, 0) is 37.3 Å². The summed E-state index contributed by atoms with van der Waals surface area (Å²) in [6.07, 6.45) is 1.59. The predicted octanol–water partition coefficient (Wildman–Crippen LogP) is 2.06. The average Bonchev–Trinajstić information content (AvgIpc) is 2.41. The molecule has 0 unspecified atom stereocenters. The van der Waals surface area contributed by atoms with Crippen molar-refractivity contribution in [2.24, 2.45) is 0 Å². The highest BCUT2D eigenvalue weighted by Crippen LogP contribution is 2.18. The summed E-state index contributed by atoms with van der Waals surface area (Å²) in [6, 6.07) is 11.0. The van der Waals surface area contributed by atoms with Crippen LogP contribution in [0.25, 0.3) is 0 Å². The minimum atomic E-state index is -3.71. The van der Waals surface area contributed by atoms with E-state index >= 15 is 0 Å². The molecule has 0 saturated heterocycles. The zero-order valence-corrected chi connectivity index (χ0v) is 11.0. The Kier molecular flexibility index (Phi) is 3.49. The Morgan fingerprint density at radius 3 is 2.74 bits per heavy atom. The van der Waals surface area contributed by atoms with Gasteiger partial charge in [0.1, 0.15) is 0 Å². The standard InChI is InChI=1S/C13H11N3O2S/c1-10-13(6-3-7-15-10)16-19(17,18)12-5-2-4-11(8-12)9-14/h2-8,16H,1H3. The number of hydrogen-bond donors (Lipinski definition) is 1. The van der Waals surface area contributed by atoms with Crippen LogP contribution < -0.4 is 4.72 Å². The van der Waals surface area contributed by atoms with E-state index in [0.717, 1.165) is 0 Å². The molecule has 6 heteroatoms. The van der Waals surface area contributed by atoms with Crippen molar-refractivity contribution in [1.82, 2.24) is 4.98 Å². The maximum absolute atomic E-state index is 12.2. The minimum absolute atomic E-state index is 0.0507. The summed E-state index contributed by atoms with van der Waals surface area (Å²) in [5, 5.41) is 8.79. The Balaban J connectivity index is 2.39. The van der Waals surface area contributed by atoms with Crippen LogP contribution >= 0.6 is 0 Å². The Bertz CT molecular complexity index is 748. The third kappa shape index (κ3) is 2.89. The van der Waals surface area contributed by atoms with Gasteiger partial charge >= 0.3 is 0 Å². The van der Waals surface area contributed by atoms with Gasteiger partial charge in [-0.2, -0.15) is 5.26 Å². The van der Waals surface area contributed by atoms with Gasteiger partial charge in [-0.3, -0.25) is 9.71 Å². The van der Waals surface area contributed by atoms with Gasteiger partial charge in [0.2, 0.25) is 0 Å². The number of nitrogens with zero attached hydrogens (tertiary/aromatic N) is 2. The first-order valence-corrected chi connectivity index (χ1v) is 6.96. The lowest BCUT2D eigenvalue weighted by atomic mass is 10.2. The van der Waals surface area contributed by atoms with Crippen LogP contribution in [0.4, 0.5) is 5.69 Å². The van der Waals surface area contributed by atoms with Crippen molar-refractivity contribution in [3.63, 3.8) is 0 Å². The third-order valence-corrected chi connectivity index (χ3v) is 3.89. The van der Waals surface area contributed by atoms with Gasteiger partial charge in [0, 0.05) is 6.20 Å². The largest absolute Gasteiger partial charge is 0.278 e. The molecule has 1 N–H and O–H groups in total. The molecule has 0 aliphatic carbocycles. The molecule has 0 spiro atoms. The summed E-state index contributed by atoms with van der Waals surface area (Å²) >= 11 is 0. The molecule has 2 aromatic rings. The van der Waals surface area contributed by atoms with E-state index in [9.17, 15) is 8.42 Å². The van der Waals surface area contributed by atoms with E-state index in [4.69, 9.17) is 5.26 Å². The Morgan fingerprint density at radius 1 is 1.26 bits per heavy atom. The highest BCUT2D eigenvalue weighted by Gasteiger charge is 2.15. The molecule has 5 nitrogen and oxygen atoms in total. The monoisotopic (exact) mass is 273 g/mol. The number of nitrogens with one attached hydrogen (secondary N) is 1. The molecule has 0 saturated carbocycles. The molecule has 1 aromatic carbocycles. The van der Waals surface area contributed by atoms with Crippen molar-refractivity contribution in [2.45, 2.75) is 11.8 Å². The fourth-order valence-electron chi connectivity index (χ4n) is 1.53. The number of sulfonamides is 1. The molecular weight excluding hydrogens is 262 g/mol. The van der Waals surface area contributed by atoms with Crippen LogP contribution in [0, 0.1) is 18.3 Å². The van der Waals surface area contributed by atoms with Crippen molar-refractivity contribution < 1.29 is 8.42 Å². The fourth-order valence-corrected chi connectivity index (χ4v) is 2.69. The number of benzene rings is 1. The first kappa shape index (κ1) is 13.1. The smallest absolute Gasteiger partial charge is 0.261 e. The number of anilines is 1. The van der Waals surface area contributed by atoms with Gasteiger partial charge in [-0.1, -0.05) is 6.07 Å². The molecule has 19 heavy (non-hydrogen) atoms. The lowest BCUT2D eigenvalue weighted by Gasteiger charge is -2.09. The summed E-state index contributed by atoms with van der Waals surface area (Å²) < 4.78 is 26.8. The second kappa shape index (κ2) is 5.08. The van der Waals surface area contributed by atoms with E-state index < -0.39 is 10.0 Å². The summed E-state index contributed by atoms with van der Waals surface area (Å²) in [7, 11) is -3.71. The van der Waals surface area contributed by atoms with Crippen molar-refractivity contribution in [1.29, 1.82) is 5.26 Å². The van der Waals surface area contributed by atoms with Gasteiger partial charge < -0.3 is 0 Å². The van der Waals surface area contributed by atoms with E-state index in [-0.39, 0.29) is 4.90 Å². The molecule has 1 aromatic heterocycles. The van der Waals surface area contributed by atoms with E-state index in [1.807, 2.05) is 6.07 Å². The number of aromatic nitrogens is 1. The lowest BCUT2D eigenvalue weighted by Crippen LogP contribution is -2.14. The van der Waals surface area contributed by atoms with E-state index in [2.05, 4.69) is 9.71 Å². The van der Waals surface area contributed by atoms with Crippen molar-refractivity contribution in [2.75, 3.05) is 4.72 Å². The van der Waals surface area contributed by atoms with E-state index in [1.54, 1.807) is 31.3 Å². The maximum Gasteiger partial charge on any atom is 0.261 e. The number of nitriles is 1. The van der Waals surface area contributed by atoms with E-state index in [1.165, 1.54) is 18.2 Å². The number of hydrogen-bond acceptors (Lipinski definition) is 4. The molecule has 0 aliphatic heterocycles. The van der Waals surface area contributed by atoms with Crippen LogP contribution in [0.2, 0.25) is 0 Å². The highest BCUT2D eigenvalue weighted by molar-refractivity contribution is 7.92.